The van der Waals surface area contributed by atoms with Gasteiger partial charge in [0.25, 0.3) is 5.91 Å². The highest BCUT2D eigenvalue weighted by atomic mass is 79.9. The lowest BCUT2D eigenvalue weighted by Gasteiger charge is -2.10. The lowest BCUT2D eigenvalue weighted by atomic mass is 10.2. The largest absolute Gasteiger partial charge is 0.494 e. The van der Waals surface area contributed by atoms with Gasteiger partial charge in [0.2, 0.25) is 5.91 Å². The van der Waals surface area contributed by atoms with Gasteiger partial charge in [-0.2, -0.15) is 0 Å². The molecule has 1 heterocycles. The third-order valence-corrected chi connectivity index (χ3v) is 6.07. The van der Waals surface area contributed by atoms with E-state index < -0.39 is 0 Å². The number of ether oxygens (including phenoxy) is 1. The Hall–Kier alpha value is -3.11. The number of nitrogens with zero attached hydrogens (tertiary/aromatic N) is 3. The summed E-state index contributed by atoms with van der Waals surface area (Å²) < 4.78 is 7.94. The molecule has 2 aromatic carbocycles. The summed E-state index contributed by atoms with van der Waals surface area (Å²) >= 11 is 4.64. The Bertz CT molecular complexity index is 1120. The first-order valence-electron chi connectivity index (χ1n) is 10.2. The molecule has 172 valence electrons. The molecule has 0 radical (unpaired) electrons. The van der Waals surface area contributed by atoms with Crippen LogP contribution in [0.5, 0.6) is 5.75 Å². The van der Waals surface area contributed by atoms with E-state index in [1.54, 1.807) is 30.3 Å². The number of thioether (sulfide) groups is 1. The molecule has 0 atom stereocenters. The molecule has 0 saturated heterocycles. The average molecular weight is 530 g/mol. The topological polar surface area (TPSA) is 98.1 Å². The zero-order valence-corrected chi connectivity index (χ0v) is 20.5. The second-order valence-corrected chi connectivity index (χ2v) is 8.55. The number of aromatic nitrogens is 3. The van der Waals surface area contributed by atoms with Crippen molar-refractivity contribution in [1.29, 1.82) is 0 Å². The van der Waals surface area contributed by atoms with Crippen LogP contribution in [-0.4, -0.2) is 38.9 Å². The first-order valence-corrected chi connectivity index (χ1v) is 12.0. The van der Waals surface area contributed by atoms with Crippen molar-refractivity contribution in [1.82, 2.24) is 20.1 Å². The van der Waals surface area contributed by atoms with E-state index in [4.69, 9.17) is 4.74 Å². The lowest BCUT2D eigenvalue weighted by molar-refractivity contribution is -0.113. The van der Waals surface area contributed by atoms with Gasteiger partial charge >= 0.3 is 0 Å². The van der Waals surface area contributed by atoms with Gasteiger partial charge in [0.1, 0.15) is 5.75 Å². The van der Waals surface area contributed by atoms with Gasteiger partial charge in [0, 0.05) is 16.7 Å². The lowest BCUT2D eigenvalue weighted by Crippen LogP contribution is -2.25. The predicted molar refractivity (Wildman–Crippen MR) is 132 cm³/mol. The summed E-state index contributed by atoms with van der Waals surface area (Å²) in [6.07, 6.45) is 1.71. The number of allylic oxidation sites excluding steroid dienone is 1. The summed E-state index contributed by atoms with van der Waals surface area (Å²) in [5.74, 6) is 1.10. The standard InChI is InChI=1S/C23H24BrN5O3S/c1-3-13-29-20(14-25-22(31)18-7-5-6-8-19(18)24)27-28-23(29)33-15-21(30)26-16-9-11-17(12-10-16)32-4-2/h3,5-12H,1,4,13-15H2,2H3,(H,25,31)(H,26,30). The maximum Gasteiger partial charge on any atom is 0.252 e. The van der Waals surface area contributed by atoms with Crippen molar-refractivity contribution in [2.45, 2.75) is 25.2 Å². The van der Waals surface area contributed by atoms with Crippen LogP contribution in [-0.2, 0) is 17.9 Å². The summed E-state index contributed by atoms with van der Waals surface area (Å²) in [6, 6.07) is 14.4. The Balaban J connectivity index is 1.58. The molecule has 0 fully saturated rings. The van der Waals surface area contributed by atoms with Crippen molar-refractivity contribution >= 4 is 45.2 Å². The van der Waals surface area contributed by atoms with Crippen molar-refractivity contribution in [2.24, 2.45) is 0 Å². The first kappa shape index (κ1) is 24.5. The monoisotopic (exact) mass is 529 g/mol. The van der Waals surface area contributed by atoms with Crippen LogP contribution in [0, 0.1) is 0 Å². The predicted octanol–water partition coefficient (Wildman–Crippen LogP) is 4.29. The number of halogens is 1. The Morgan fingerprint density at radius 2 is 1.94 bits per heavy atom. The summed E-state index contributed by atoms with van der Waals surface area (Å²) in [6.45, 7) is 6.93. The minimum atomic E-state index is -0.223. The Labute approximate surface area is 204 Å². The van der Waals surface area contributed by atoms with Crippen molar-refractivity contribution in [3.63, 3.8) is 0 Å². The molecule has 0 aliphatic carbocycles. The number of hydrogen-bond donors (Lipinski definition) is 2. The normalized spacial score (nSPS) is 10.5. The van der Waals surface area contributed by atoms with Crippen LogP contribution in [0.4, 0.5) is 5.69 Å². The zero-order chi connectivity index (χ0) is 23.6. The van der Waals surface area contributed by atoms with Crippen molar-refractivity contribution < 1.29 is 14.3 Å². The minimum absolute atomic E-state index is 0.159. The maximum atomic E-state index is 12.5. The molecule has 2 N–H and O–H groups in total. The quantitative estimate of drug-likeness (QED) is 0.284. The number of nitrogens with one attached hydrogen (secondary N) is 2. The number of hydrogen-bond acceptors (Lipinski definition) is 6. The number of rotatable bonds is 11. The van der Waals surface area contributed by atoms with Gasteiger partial charge in [-0.15, -0.1) is 16.8 Å². The molecular weight excluding hydrogens is 506 g/mol. The number of anilines is 1. The van der Waals surface area contributed by atoms with Gasteiger partial charge in [-0.05, 0) is 59.3 Å². The highest BCUT2D eigenvalue weighted by Crippen LogP contribution is 2.20. The van der Waals surface area contributed by atoms with Gasteiger partial charge in [0.05, 0.1) is 24.5 Å². The second-order valence-electron chi connectivity index (χ2n) is 6.75. The second kappa shape index (κ2) is 12.2. The van der Waals surface area contributed by atoms with E-state index >= 15 is 0 Å². The Morgan fingerprint density at radius 1 is 1.18 bits per heavy atom. The summed E-state index contributed by atoms with van der Waals surface area (Å²) in [7, 11) is 0. The van der Waals surface area contributed by atoms with E-state index in [2.05, 4.69) is 43.3 Å². The SMILES string of the molecule is C=CCn1c(CNC(=O)c2ccccc2Br)nnc1SCC(=O)Nc1ccc(OCC)cc1. The first-order chi connectivity index (χ1) is 16.0. The van der Waals surface area contributed by atoms with Crippen LogP contribution in [0.25, 0.3) is 0 Å². The van der Waals surface area contributed by atoms with Crippen LogP contribution in [0.1, 0.15) is 23.1 Å². The van der Waals surface area contributed by atoms with Crippen molar-refractivity contribution in [3.8, 4) is 5.75 Å². The van der Waals surface area contributed by atoms with E-state index in [0.717, 1.165) is 5.75 Å². The third-order valence-electron chi connectivity index (χ3n) is 4.41. The fourth-order valence-electron chi connectivity index (χ4n) is 2.90. The molecule has 2 amide bonds. The fraction of sp³-hybridized carbons (Fsp3) is 0.217. The van der Waals surface area contributed by atoms with Gasteiger partial charge in [-0.1, -0.05) is 30.0 Å². The number of carbonyl (C=O) groups is 2. The summed E-state index contributed by atoms with van der Waals surface area (Å²) in [5.41, 5.74) is 1.22. The molecule has 0 spiro atoms. The van der Waals surface area contributed by atoms with Crippen LogP contribution in [0.15, 0.2) is 70.8 Å². The van der Waals surface area contributed by atoms with E-state index in [1.807, 2.05) is 35.8 Å². The van der Waals surface area contributed by atoms with Crippen LogP contribution >= 0.6 is 27.7 Å². The molecular formula is C23H24BrN5O3S. The molecule has 1 aromatic heterocycles. The van der Waals surface area contributed by atoms with E-state index in [1.165, 1.54) is 11.8 Å². The molecule has 3 aromatic rings. The van der Waals surface area contributed by atoms with Gasteiger partial charge in [-0.3, -0.25) is 9.59 Å². The summed E-state index contributed by atoms with van der Waals surface area (Å²) in [5, 5.41) is 14.6. The highest BCUT2D eigenvalue weighted by molar-refractivity contribution is 9.10. The van der Waals surface area contributed by atoms with E-state index in [0.29, 0.717) is 39.9 Å². The van der Waals surface area contributed by atoms with Crippen LogP contribution in [0.3, 0.4) is 0 Å². The number of carbonyl (C=O) groups excluding carboxylic acids is 2. The molecule has 0 saturated carbocycles. The molecule has 3 rings (SSSR count). The van der Waals surface area contributed by atoms with E-state index in [-0.39, 0.29) is 24.1 Å². The maximum absolute atomic E-state index is 12.5. The van der Waals surface area contributed by atoms with Crippen molar-refractivity contribution in [2.75, 3.05) is 17.7 Å². The Kier molecular flexibility index (Phi) is 9.08. The molecule has 33 heavy (non-hydrogen) atoms. The smallest absolute Gasteiger partial charge is 0.252 e. The van der Waals surface area contributed by atoms with Gasteiger partial charge in [-0.25, -0.2) is 0 Å². The average Bonchev–Trinajstić information content (AvgIpc) is 3.19. The zero-order valence-electron chi connectivity index (χ0n) is 18.1. The molecule has 0 unspecified atom stereocenters. The number of amides is 2. The van der Waals surface area contributed by atoms with Crippen molar-refractivity contribution in [3.05, 3.63) is 77.0 Å². The molecule has 0 aliphatic heterocycles. The van der Waals surface area contributed by atoms with Crippen LogP contribution < -0.4 is 15.4 Å². The number of benzene rings is 2. The highest BCUT2D eigenvalue weighted by Gasteiger charge is 2.16. The Morgan fingerprint density at radius 3 is 2.64 bits per heavy atom. The molecule has 0 aliphatic rings. The molecule has 10 heteroatoms. The van der Waals surface area contributed by atoms with Gasteiger partial charge < -0.3 is 19.9 Å². The minimum Gasteiger partial charge on any atom is -0.494 e. The third kappa shape index (κ3) is 6.93. The summed E-state index contributed by atoms with van der Waals surface area (Å²) in [4.78, 5) is 24.9. The molecule has 8 nitrogen and oxygen atoms in total. The fourth-order valence-corrected chi connectivity index (χ4v) is 4.13. The van der Waals surface area contributed by atoms with Gasteiger partial charge in [0.15, 0.2) is 11.0 Å². The van der Waals surface area contributed by atoms with E-state index in [9.17, 15) is 9.59 Å². The molecule has 0 bridgehead atoms. The van der Waals surface area contributed by atoms with Crippen LogP contribution in [0.2, 0.25) is 0 Å².